The van der Waals surface area contributed by atoms with Crippen molar-refractivity contribution in [2.75, 3.05) is 17.7 Å². The predicted octanol–water partition coefficient (Wildman–Crippen LogP) is 2.33. The topological polar surface area (TPSA) is 84.5 Å². The first-order valence-corrected chi connectivity index (χ1v) is 9.49. The van der Waals surface area contributed by atoms with Crippen molar-refractivity contribution in [3.63, 3.8) is 0 Å². The third-order valence-corrected chi connectivity index (χ3v) is 5.39. The van der Waals surface area contributed by atoms with E-state index < -0.39 is 17.3 Å². The molecule has 1 aliphatic heterocycles. The summed E-state index contributed by atoms with van der Waals surface area (Å²) < 4.78 is 4.92. The fourth-order valence-electron chi connectivity index (χ4n) is 2.82. The number of fused-ring (bicyclic) bond motifs is 1. The minimum atomic E-state index is -0.648. The molecule has 0 unspecified atom stereocenters. The fraction of sp³-hybridized carbons (Fsp3) is 0.316. The van der Waals surface area contributed by atoms with Crippen LogP contribution in [-0.2, 0) is 19.1 Å². The maximum Gasteiger partial charge on any atom is 0.329 e. The van der Waals surface area contributed by atoms with Gasteiger partial charge in [0.2, 0.25) is 11.8 Å². The van der Waals surface area contributed by atoms with Crippen molar-refractivity contribution >= 4 is 46.0 Å². The Bertz CT molecular complexity index is 834. The van der Waals surface area contributed by atoms with Crippen molar-refractivity contribution in [3.05, 3.63) is 42.5 Å². The summed E-state index contributed by atoms with van der Waals surface area (Å²) in [6.45, 7) is 1.99. The van der Waals surface area contributed by atoms with Gasteiger partial charge < -0.3 is 15.4 Å². The highest BCUT2D eigenvalue weighted by Gasteiger charge is 2.34. The molecule has 2 aromatic rings. The number of hydrogen-bond donors (Lipinski definition) is 2. The fourth-order valence-corrected chi connectivity index (χ4v) is 3.95. The van der Waals surface area contributed by atoms with Crippen LogP contribution in [0.4, 0.5) is 5.69 Å². The summed E-state index contributed by atoms with van der Waals surface area (Å²) >= 11 is 1.30. The van der Waals surface area contributed by atoms with E-state index in [9.17, 15) is 14.4 Å². The summed E-state index contributed by atoms with van der Waals surface area (Å²) in [5.41, 5.74) is 0.721. The standard InChI is InChI=1S/C19H20N2O4S/c1-2-25-19(24)15-11-26-16(18(23)21-15)10-17(22)20-14-9-5-7-12-6-3-4-8-13(12)14/h3-9,15-16H,2,10-11H2,1H3,(H,20,22)(H,21,23)/t15-,16-/m1/s1. The molecular weight excluding hydrogens is 352 g/mol. The maximum absolute atomic E-state index is 12.4. The Morgan fingerprint density at radius 2 is 2.00 bits per heavy atom. The van der Waals surface area contributed by atoms with Gasteiger partial charge in [0, 0.05) is 23.2 Å². The first-order valence-electron chi connectivity index (χ1n) is 8.44. The Morgan fingerprint density at radius 1 is 1.23 bits per heavy atom. The molecule has 6 nitrogen and oxygen atoms in total. The van der Waals surface area contributed by atoms with Gasteiger partial charge >= 0.3 is 5.97 Å². The normalized spacial score (nSPS) is 19.7. The Labute approximate surface area is 155 Å². The summed E-state index contributed by atoms with van der Waals surface area (Å²) in [7, 11) is 0. The van der Waals surface area contributed by atoms with E-state index in [4.69, 9.17) is 4.74 Å². The van der Waals surface area contributed by atoms with Crippen molar-refractivity contribution in [1.82, 2.24) is 5.32 Å². The van der Waals surface area contributed by atoms with Crippen molar-refractivity contribution in [1.29, 1.82) is 0 Å². The van der Waals surface area contributed by atoms with E-state index in [1.807, 2.05) is 42.5 Å². The van der Waals surface area contributed by atoms with E-state index in [1.165, 1.54) is 11.8 Å². The number of hydrogen-bond acceptors (Lipinski definition) is 5. The van der Waals surface area contributed by atoms with Gasteiger partial charge in [0.25, 0.3) is 0 Å². The molecule has 0 spiro atoms. The molecule has 0 aliphatic carbocycles. The van der Waals surface area contributed by atoms with Crippen LogP contribution in [-0.4, -0.2) is 41.4 Å². The first-order chi connectivity index (χ1) is 12.6. The molecule has 0 radical (unpaired) electrons. The number of carbonyl (C=O) groups is 3. The zero-order chi connectivity index (χ0) is 18.5. The lowest BCUT2D eigenvalue weighted by Crippen LogP contribution is -2.51. The van der Waals surface area contributed by atoms with Gasteiger partial charge in [-0.05, 0) is 18.4 Å². The lowest BCUT2D eigenvalue weighted by atomic mass is 10.1. The zero-order valence-corrected chi connectivity index (χ0v) is 15.2. The number of ether oxygens (including phenoxy) is 1. The number of esters is 1. The van der Waals surface area contributed by atoms with Crippen LogP contribution in [0.25, 0.3) is 10.8 Å². The molecule has 0 aromatic heterocycles. The van der Waals surface area contributed by atoms with Gasteiger partial charge in [0.15, 0.2) is 0 Å². The highest BCUT2D eigenvalue weighted by Crippen LogP contribution is 2.25. The van der Waals surface area contributed by atoms with E-state index in [1.54, 1.807) is 6.92 Å². The van der Waals surface area contributed by atoms with Gasteiger partial charge in [-0.3, -0.25) is 9.59 Å². The number of rotatable bonds is 5. The van der Waals surface area contributed by atoms with Gasteiger partial charge in [0.05, 0.1) is 11.9 Å². The molecule has 2 aromatic carbocycles. The Kier molecular flexibility index (Phi) is 5.78. The maximum atomic E-state index is 12.4. The third kappa shape index (κ3) is 4.16. The van der Waals surface area contributed by atoms with Crippen LogP contribution in [0.15, 0.2) is 42.5 Å². The summed E-state index contributed by atoms with van der Waals surface area (Å²) in [6, 6.07) is 12.8. The number of anilines is 1. The largest absolute Gasteiger partial charge is 0.464 e. The van der Waals surface area contributed by atoms with Crippen molar-refractivity contribution in [2.45, 2.75) is 24.6 Å². The quantitative estimate of drug-likeness (QED) is 0.787. The highest BCUT2D eigenvalue weighted by molar-refractivity contribution is 8.00. The number of carbonyl (C=O) groups excluding carboxylic acids is 3. The zero-order valence-electron chi connectivity index (χ0n) is 14.4. The molecule has 0 bridgehead atoms. The van der Waals surface area contributed by atoms with Gasteiger partial charge in [0.1, 0.15) is 6.04 Å². The second-order valence-electron chi connectivity index (χ2n) is 5.91. The van der Waals surface area contributed by atoms with Gasteiger partial charge in [-0.15, -0.1) is 11.8 Å². The molecule has 2 atom stereocenters. The second-order valence-corrected chi connectivity index (χ2v) is 7.15. The SMILES string of the molecule is CCOC(=O)[C@H]1CS[C@H](CC(=O)Nc2cccc3ccccc23)C(=O)N1. The summed E-state index contributed by atoms with van der Waals surface area (Å²) in [5, 5.41) is 6.99. The lowest BCUT2D eigenvalue weighted by Gasteiger charge is -2.27. The molecule has 2 amide bonds. The van der Waals surface area contributed by atoms with Crippen LogP contribution in [0.2, 0.25) is 0 Å². The van der Waals surface area contributed by atoms with Crippen LogP contribution in [0.3, 0.4) is 0 Å². The minimum absolute atomic E-state index is 0.0509. The smallest absolute Gasteiger partial charge is 0.329 e. The molecule has 1 fully saturated rings. The average Bonchev–Trinajstić information content (AvgIpc) is 2.64. The second kappa shape index (κ2) is 8.23. The molecule has 7 heteroatoms. The summed E-state index contributed by atoms with van der Waals surface area (Å²) in [4.78, 5) is 36.3. The van der Waals surface area contributed by atoms with Crippen molar-refractivity contribution in [3.8, 4) is 0 Å². The molecule has 1 saturated heterocycles. The van der Waals surface area contributed by atoms with Gasteiger partial charge in [-0.2, -0.15) is 0 Å². The molecular formula is C19H20N2O4S. The van der Waals surface area contributed by atoms with Crippen LogP contribution in [0.5, 0.6) is 0 Å². The number of amides is 2. The number of benzene rings is 2. The summed E-state index contributed by atoms with van der Waals surface area (Å²) in [5.74, 6) is -0.584. The number of nitrogens with one attached hydrogen (secondary N) is 2. The molecule has 26 heavy (non-hydrogen) atoms. The molecule has 136 valence electrons. The number of thioether (sulfide) groups is 1. The van der Waals surface area contributed by atoms with E-state index in [0.717, 1.165) is 16.5 Å². The van der Waals surface area contributed by atoms with E-state index >= 15 is 0 Å². The van der Waals surface area contributed by atoms with E-state index in [-0.39, 0.29) is 24.8 Å². The van der Waals surface area contributed by atoms with E-state index in [0.29, 0.717) is 5.75 Å². The molecule has 0 saturated carbocycles. The Hall–Kier alpha value is -2.54. The van der Waals surface area contributed by atoms with Crippen LogP contribution in [0.1, 0.15) is 13.3 Å². The van der Waals surface area contributed by atoms with Crippen LogP contribution >= 0.6 is 11.8 Å². The van der Waals surface area contributed by atoms with Crippen LogP contribution in [0, 0.1) is 0 Å². The highest BCUT2D eigenvalue weighted by atomic mass is 32.2. The predicted molar refractivity (Wildman–Crippen MR) is 102 cm³/mol. The minimum Gasteiger partial charge on any atom is -0.464 e. The molecule has 3 rings (SSSR count). The van der Waals surface area contributed by atoms with Gasteiger partial charge in [-0.1, -0.05) is 36.4 Å². The molecule has 1 heterocycles. The lowest BCUT2D eigenvalue weighted by molar-refractivity contribution is -0.146. The van der Waals surface area contributed by atoms with Crippen molar-refractivity contribution < 1.29 is 19.1 Å². The molecule has 2 N–H and O–H groups in total. The van der Waals surface area contributed by atoms with Crippen LogP contribution < -0.4 is 10.6 Å². The Balaban J connectivity index is 1.60. The first kappa shape index (κ1) is 18.3. The monoisotopic (exact) mass is 372 g/mol. The van der Waals surface area contributed by atoms with Gasteiger partial charge in [-0.25, -0.2) is 4.79 Å². The average molecular weight is 372 g/mol. The Morgan fingerprint density at radius 3 is 2.77 bits per heavy atom. The third-order valence-electron chi connectivity index (χ3n) is 4.08. The molecule has 1 aliphatic rings. The summed E-state index contributed by atoms with van der Waals surface area (Å²) in [6.07, 6.45) is 0.0509. The van der Waals surface area contributed by atoms with Crippen molar-refractivity contribution in [2.24, 2.45) is 0 Å². The van der Waals surface area contributed by atoms with E-state index in [2.05, 4.69) is 10.6 Å².